The van der Waals surface area contributed by atoms with E-state index in [1.54, 1.807) is 0 Å². The van der Waals surface area contributed by atoms with Crippen LogP contribution in [-0.4, -0.2) is 60.5 Å². The highest BCUT2D eigenvalue weighted by Crippen LogP contribution is 2.41. The fourth-order valence-electron chi connectivity index (χ4n) is 4.01. The first-order chi connectivity index (χ1) is 10.3. The Morgan fingerprint density at radius 2 is 2.10 bits per heavy atom. The molecule has 3 heterocycles. The van der Waals surface area contributed by atoms with Gasteiger partial charge in [0, 0.05) is 48.4 Å². The molecule has 1 spiro atoms. The van der Waals surface area contributed by atoms with E-state index in [1.807, 2.05) is 0 Å². The largest absolute Gasteiger partial charge is 0.381 e. The second-order valence-corrected chi connectivity index (χ2v) is 8.96. The SMILES string of the molecule is CCNC(C1CCOC2(CCOCC2)C1)C1CSCCS1. The monoisotopic (exact) mass is 331 g/mol. The number of hydrogen-bond acceptors (Lipinski definition) is 5. The Bertz CT molecular complexity index is 312. The normalized spacial score (nSPS) is 34.7. The average molecular weight is 332 g/mol. The molecule has 3 aliphatic rings. The number of nitrogens with one attached hydrogen (secondary N) is 1. The number of thioether (sulfide) groups is 2. The molecule has 0 radical (unpaired) electrons. The molecule has 0 amide bonds. The van der Waals surface area contributed by atoms with E-state index < -0.39 is 0 Å². The Morgan fingerprint density at radius 1 is 1.24 bits per heavy atom. The Morgan fingerprint density at radius 3 is 2.81 bits per heavy atom. The van der Waals surface area contributed by atoms with E-state index in [0.29, 0.717) is 6.04 Å². The molecule has 3 aliphatic heterocycles. The van der Waals surface area contributed by atoms with Gasteiger partial charge in [-0.15, -0.1) is 0 Å². The van der Waals surface area contributed by atoms with Crippen molar-refractivity contribution in [3.05, 3.63) is 0 Å². The summed E-state index contributed by atoms with van der Waals surface area (Å²) in [6.07, 6.45) is 4.64. The van der Waals surface area contributed by atoms with Gasteiger partial charge in [0.05, 0.1) is 5.60 Å². The van der Waals surface area contributed by atoms with Crippen molar-refractivity contribution in [2.75, 3.05) is 43.6 Å². The Hall–Kier alpha value is 0.580. The van der Waals surface area contributed by atoms with E-state index in [1.165, 1.54) is 30.1 Å². The zero-order valence-electron chi connectivity index (χ0n) is 13.1. The van der Waals surface area contributed by atoms with Gasteiger partial charge in [0.15, 0.2) is 0 Å². The smallest absolute Gasteiger partial charge is 0.0729 e. The van der Waals surface area contributed by atoms with Gasteiger partial charge in [-0.1, -0.05) is 6.92 Å². The summed E-state index contributed by atoms with van der Waals surface area (Å²) in [5.41, 5.74) is 0.126. The molecule has 0 aromatic carbocycles. The van der Waals surface area contributed by atoms with Crippen LogP contribution in [0.2, 0.25) is 0 Å². The third-order valence-electron chi connectivity index (χ3n) is 5.13. The Labute approximate surface area is 137 Å². The van der Waals surface area contributed by atoms with Gasteiger partial charge in [-0.3, -0.25) is 0 Å². The van der Waals surface area contributed by atoms with Crippen LogP contribution >= 0.6 is 23.5 Å². The molecule has 0 aromatic heterocycles. The van der Waals surface area contributed by atoms with E-state index in [9.17, 15) is 0 Å². The molecule has 0 aliphatic carbocycles. The summed E-state index contributed by atoms with van der Waals surface area (Å²) in [5.74, 6) is 4.73. The molecule has 3 fully saturated rings. The lowest BCUT2D eigenvalue weighted by Crippen LogP contribution is -2.53. The predicted molar refractivity (Wildman–Crippen MR) is 92.5 cm³/mol. The van der Waals surface area contributed by atoms with Crippen molar-refractivity contribution >= 4 is 23.5 Å². The summed E-state index contributed by atoms with van der Waals surface area (Å²) >= 11 is 4.33. The van der Waals surface area contributed by atoms with Crippen molar-refractivity contribution in [3.8, 4) is 0 Å². The lowest BCUT2D eigenvalue weighted by Gasteiger charge is -2.47. The van der Waals surface area contributed by atoms with Crippen molar-refractivity contribution < 1.29 is 9.47 Å². The topological polar surface area (TPSA) is 30.5 Å². The zero-order valence-corrected chi connectivity index (χ0v) is 14.8. The molecule has 3 atom stereocenters. The highest BCUT2D eigenvalue weighted by Gasteiger charge is 2.43. The van der Waals surface area contributed by atoms with Crippen molar-refractivity contribution in [1.82, 2.24) is 5.32 Å². The van der Waals surface area contributed by atoms with Crippen LogP contribution < -0.4 is 5.32 Å². The van der Waals surface area contributed by atoms with E-state index in [0.717, 1.165) is 50.4 Å². The lowest BCUT2D eigenvalue weighted by molar-refractivity contribution is -0.150. The predicted octanol–water partition coefficient (Wildman–Crippen LogP) is 2.79. The van der Waals surface area contributed by atoms with Crippen LogP contribution in [0.5, 0.6) is 0 Å². The zero-order chi connectivity index (χ0) is 14.5. The number of hydrogen-bond donors (Lipinski definition) is 1. The summed E-state index contributed by atoms with van der Waals surface area (Å²) < 4.78 is 11.8. The van der Waals surface area contributed by atoms with Crippen molar-refractivity contribution in [3.63, 3.8) is 0 Å². The third-order valence-corrected chi connectivity index (χ3v) is 8.01. The molecule has 3 rings (SSSR count). The molecule has 1 N–H and O–H groups in total. The van der Waals surface area contributed by atoms with Crippen LogP contribution in [0.4, 0.5) is 0 Å². The van der Waals surface area contributed by atoms with Crippen LogP contribution in [0, 0.1) is 5.92 Å². The van der Waals surface area contributed by atoms with E-state index in [2.05, 4.69) is 35.8 Å². The van der Waals surface area contributed by atoms with E-state index in [4.69, 9.17) is 9.47 Å². The molecule has 21 heavy (non-hydrogen) atoms. The fraction of sp³-hybridized carbons (Fsp3) is 1.00. The summed E-state index contributed by atoms with van der Waals surface area (Å²) in [7, 11) is 0. The summed E-state index contributed by atoms with van der Waals surface area (Å²) in [6, 6.07) is 0.663. The van der Waals surface area contributed by atoms with Crippen LogP contribution in [0.1, 0.15) is 32.6 Å². The molecular weight excluding hydrogens is 302 g/mol. The fourth-order valence-corrected chi connectivity index (χ4v) is 6.98. The third kappa shape index (κ3) is 4.11. The Balaban J connectivity index is 1.66. The molecule has 0 aromatic rings. The van der Waals surface area contributed by atoms with Gasteiger partial charge in [-0.05, 0) is 38.1 Å². The van der Waals surface area contributed by atoms with E-state index >= 15 is 0 Å². The Kier molecular flexibility index (Phi) is 6.19. The standard InChI is InChI=1S/C16H29NO2S2/c1-2-17-15(14-12-20-9-10-21-14)13-3-6-19-16(11-13)4-7-18-8-5-16/h13-15,17H,2-12H2,1H3. The highest BCUT2D eigenvalue weighted by molar-refractivity contribution is 8.06. The lowest BCUT2D eigenvalue weighted by atomic mass is 9.77. The van der Waals surface area contributed by atoms with Crippen molar-refractivity contribution in [1.29, 1.82) is 0 Å². The quantitative estimate of drug-likeness (QED) is 0.856. The first-order valence-electron chi connectivity index (χ1n) is 8.47. The summed E-state index contributed by atoms with van der Waals surface area (Å²) in [6.45, 7) is 6.04. The summed E-state index contributed by atoms with van der Waals surface area (Å²) in [5, 5.41) is 4.60. The average Bonchev–Trinajstić information content (AvgIpc) is 2.54. The number of rotatable bonds is 4. The molecule has 0 saturated carbocycles. The van der Waals surface area contributed by atoms with Gasteiger partial charge in [-0.25, -0.2) is 0 Å². The first-order valence-corrected chi connectivity index (χ1v) is 10.7. The maximum absolute atomic E-state index is 6.23. The highest BCUT2D eigenvalue weighted by atomic mass is 32.2. The molecule has 122 valence electrons. The second-order valence-electron chi connectivity index (χ2n) is 6.46. The minimum atomic E-state index is 0.126. The molecular formula is C16H29NO2S2. The molecule has 0 bridgehead atoms. The van der Waals surface area contributed by atoms with Crippen LogP contribution in [0.25, 0.3) is 0 Å². The van der Waals surface area contributed by atoms with Crippen LogP contribution in [0.15, 0.2) is 0 Å². The minimum Gasteiger partial charge on any atom is -0.381 e. The van der Waals surface area contributed by atoms with Crippen LogP contribution in [-0.2, 0) is 9.47 Å². The summed E-state index contributed by atoms with van der Waals surface area (Å²) in [4.78, 5) is 0. The first kappa shape index (κ1) is 16.4. The molecule has 3 nitrogen and oxygen atoms in total. The minimum absolute atomic E-state index is 0.126. The maximum Gasteiger partial charge on any atom is 0.0729 e. The van der Waals surface area contributed by atoms with Gasteiger partial charge in [0.1, 0.15) is 0 Å². The molecule has 3 unspecified atom stereocenters. The maximum atomic E-state index is 6.23. The van der Waals surface area contributed by atoms with Crippen molar-refractivity contribution in [2.45, 2.75) is 49.5 Å². The van der Waals surface area contributed by atoms with Gasteiger partial charge in [-0.2, -0.15) is 23.5 Å². The van der Waals surface area contributed by atoms with Gasteiger partial charge >= 0.3 is 0 Å². The van der Waals surface area contributed by atoms with Crippen molar-refractivity contribution in [2.24, 2.45) is 5.92 Å². The van der Waals surface area contributed by atoms with Gasteiger partial charge in [0.25, 0.3) is 0 Å². The second kappa shape index (κ2) is 7.91. The molecule has 5 heteroatoms. The number of ether oxygens (including phenoxy) is 2. The van der Waals surface area contributed by atoms with E-state index in [-0.39, 0.29) is 5.60 Å². The molecule has 3 saturated heterocycles. The van der Waals surface area contributed by atoms with Crippen LogP contribution in [0.3, 0.4) is 0 Å². The van der Waals surface area contributed by atoms with Gasteiger partial charge < -0.3 is 14.8 Å². The van der Waals surface area contributed by atoms with Gasteiger partial charge in [0.2, 0.25) is 0 Å².